The zero-order valence-corrected chi connectivity index (χ0v) is 8.94. The number of anilines is 1. The number of ether oxygens (including phenoxy) is 1. The summed E-state index contributed by atoms with van der Waals surface area (Å²) in [6.07, 6.45) is 0.743. The zero-order chi connectivity index (χ0) is 12.3. The Kier molecular flexibility index (Phi) is 3.16. The van der Waals surface area contributed by atoms with Gasteiger partial charge in [-0.25, -0.2) is 4.98 Å². The first-order valence-electron chi connectivity index (χ1n) is 5.07. The fourth-order valence-corrected chi connectivity index (χ4v) is 1.61. The predicted molar refractivity (Wildman–Crippen MR) is 58.5 cm³/mol. The first kappa shape index (κ1) is 11.3. The van der Waals surface area contributed by atoms with Gasteiger partial charge in [-0.2, -0.15) is 5.26 Å². The van der Waals surface area contributed by atoms with Gasteiger partial charge in [0.25, 0.3) is 5.69 Å². The van der Waals surface area contributed by atoms with Crippen molar-refractivity contribution in [2.45, 2.75) is 6.10 Å². The fourth-order valence-electron chi connectivity index (χ4n) is 1.61. The minimum absolute atomic E-state index is 0.0427. The monoisotopic (exact) mass is 234 g/mol. The van der Waals surface area contributed by atoms with Gasteiger partial charge in [0, 0.05) is 12.6 Å². The van der Waals surface area contributed by atoms with E-state index in [9.17, 15) is 10.1 Å². The second-order valence-electron chi connectivity index (χ2n) is 3.57. The summed E-state index contributed by atoms with van der Waals surface area (Å²) in [5, 5.41) is 19.2. The normalized spacial score (nSPS) is 19.7. The van der Waals surface area contributed by atoms with Crippen molar-refractivity contribution in [3.05, 3.63) is 28.4 Å². The molecule has 1 fully saturated rings. The summed E-state index contributed by atoms with van der Waals surface area (Å²) in [6.45, 7) is 1.52. The van der Waals surface area contributed by atoms with Crippen LogP contribution in [0.1, 0.15) is 0 Å². The van der Waals surface area contributed by atoms with Gasteiger partial charge < -0.3 is 9.64 Å². The molecule has 88 valence electrons. The number of hydrogen-bond acceptors (Lipinski definition) is 6. The van der Waals surface area contributed by atoms with Crippen molar-refractivity contribution in [3.8, 4) is 6.07 Å². The molecule has 0 N–H and O–H groups in total. The Morgan fingerprint density at radius 1 is 1.65 bits per heavy atom. The van der Waals surface area contributed by atoms with Gasteiger partial charge in [-0.05, 0) is 6.07 Å². The molecule has 1 atom stereocenters. The minimum Gasteiger partial charge on any atom is -0.360 e. The van der Waals surface area contributed by atoms with E-state index in [2.05, 4.69) is 4.98 Å². The van der Waals surface area contributed by atoms with E-state index in [1.54, 1.807) is 6.07 Å². The lowest BCUT2D eigenvalue weighted by atomic mass is 10.3. The topological polar surface area (TPSA) is 92.3 Å². The van der Waals surface area contributed by atoms with Gasteiger partial charge in [0.1, 0.15) is 12.0 Å². The molecule has 7 nitrogen and oxygen atoms in total. The largest absolute Gasteiger partial charge is 0.360 e. The van der Waals surface area contributed by atoms with Crippen LogP contribution in [0.3, 0.4) is 0 Å². The van der Waals surface area contributed by atoms with E-state index in [-0.39, 0.29) is 5.69 Å². The van der Waals surface area contributed by atoms with E-state index in [1.807, 2.05) is 11.0 Å². The number of pyridine rings is 1. The highest BCUT2D eigenvalue weighted by Crippen LogP contribution is 2.18. The highest BCUT2D eigenvalue weighted by molar-refractivity contribution is 5.43. The van der Waals surface area contributed by atoms with Crippen molar-refractivity contribution < 1.29 is 9.66 Å². The van der Waals surface area contributed by atoms with Crippen LogP contribution in [0, 0.1) is 21.4 Å². The predicted octanol–water partition coefficient (Wildman–Crippen LogP) is 0.719. The van der Waals surface area contributed by atoms with Crippen molar-refractivity contribution in [1.82, 2.24) is 4.98 Å². The molecular formula is C10H10N4O3. The molecule has 0 bridgehead atoms. The van der Waals surface area contributed by atoms with Crippen LogP contribution < -0.4 is 4.90 Å². The quantitative estimate of drug-likeness (QED) is 0.553. The maximum atomic E-state index is 10.5. The van der Waals surface area contributed by atoms with E-state index in [0.29, 0.717) is 25.5 Å². The van der Waals surface area contributed by atoms with Crippen LogP contribution in [0.5, 0.6) is 0 Å². The fraction of sp³-hybridized carbons (Fsp3) is 0.400. The molecule has 2 heterocycles. The Morgan fingerprint density at radius 2 is 2.47 bits per heavy atom. The third kappa shape index (κ3) is 2.49. The van der Waals surface area contributed by atoms with E-state index < -0.39 is 11.0 Å². The molecule has 1 aliphatic rings. The number of nitro groups is 1. The molecule has 0 aromatic carbocycles. The van der Waals surface area contributed by atoms with Gasteiger partial charge in [0.15, 0.2) is 6.10 Å². The lowest BCUT2D eigenvalue weighted by Crippen LogP contribution is -2.42. The Labute approximate surface area is 97.4 Å². The van der Waals surface area contributed by atoms with Crippen molar-refractivity contribution >= 4 is 11.5 Å². The molecule has 0 aliphatic carbocycles. The van der Waals surface area contributed by atoms with Gasteiger partial charge in [0.05, 0.1) is 24.1 Å². The molecule has 17 heavy (non-hydrogen) atoms. The third-order valence-electron chi connectivity index (χ3n) is 2.48. The molecular weight excluding hydrogens is 224 g/mol. The molecule has 1 unspecified atom stereocenters. The number of aromatic nitrogens is 1. The molecule has 2 rings (SSSR count). The van der Waals surface area contributed by atoms with E-state index in [1.165, 1.54) is 12.3 Å². The molecule has 1 aromatic heterocycles. The highest BCUT2D eigenvalue weighted by Gasteiger charge is 2.21. The van der Waals surface area contributed by atoms with Gasteiger partial charge in [-0.3, -0.25) is 10.1 Å². The Balaban J connectivity index is 2.12. The van der Waals surface area contributed by atoms with Crippen LogP contribution >= 0.6 is 0 Å². The average molecular weight is 234 g/mol. The number of nitrogens with zero attached hydrogens (tertiary/aromatic N) is 4. The van der Waals surface area contributed by atoms with Gasteiger partial charge >= 0.3 is 0 Å². The Hall–Kier alpha value is -2.20. The van der Waals surface area contributed by atoms with Crippen molar-refractivity contribution in [1.29, 1.82) is 5.26 Å². The van der Waals surface area contributed by atoms with E-state index >= 15 is 0 Å². The molecule has 7 heteroatoms. The third-order valence-corrected chi connectivity index (χ3v) is 2.48. The lowest BCUT2D eigenvalue weighted by molar-refractivity contribution is -0.385. The van der Waals surface area contributed by atoms with E-state index in [0.717, 1.165) is 0 Å². The van der Waals surface area contributed by atoms with Crippen LogP contribution in [0.4, 0.5) is 11.5 Å². The highest BCUT2D eigenvalue weighted by atomic mass is 16.6. The van der Waals surface area contributed by atoms with Crippen molar-refractivity contribution in [3.63, 3.8) is 0 Å². The van der Waals surface area contributed by atoms with Crippen molar-refractivity contribution in [2.24, 2.45) is 0 Å². The minimum atomic E-state index is -0.492. The summed E-state index contributed by atoms with van der Waals surface area (Å²) >= 11 is 0. The van der Waals surface area contributed by atoms with Gasteiger partial charge in [-0.1, -0.05) is 0 Å². The van der Waals surface area contributed by atoms with Gasteiger partial charge in [-0.15, -0.1) is 0 Å². The summed E-state index contributed by atoms with van der Waals surface area (Å²) in [4.78, 5) is 15.9. The van der Waals surface area contributed by atoms with E-state index in [4.69, 9.17) is 10.00 Å². The van der Waals surface area contributed by atoms with Gasteiger partial charge in [0.2, 0.25) is 0 Å². The number of morpholine rings is 1. The van der Waals surface area contributed by atoms with Crippen LogP contribution in [0.25, 0.3) is 0 Å². The molecule has 1 aromatic rings. The maximum Gasteiger partial charge on any atom is 0.287 e. The molecule has 1 aliphatic heterocycles. The standard InChI is InChI=1S/C10H10N4O3/c11-5-9-7-13(3-4-17-9)10-2-1-8(6-12-10)14(15)16/h1-2,6,9H,3-4,7H2. The molecule has 0 amide bonds. The number of rotatable bonds is 2. The second kappa shape index (κ2) is 4.76. The number of hydrogen-bond donors (Lipinski definition) is 0. The first-order chi connectivity index (χ1) is 8.20. The summed E-state index contributed by atoms with van der Waals surface area (Å²) in [6, 6.07) is 5.02. The number of nitriles is 1. The SMILES string of the molecule is N#CC1CN(c2ccc([N+](=O)[O-])cn2)CCO1. The van der Waals surface area contributed by atoms with Crippen molar-refractivity contribution in [2.75, 3.05) is 24.6 Å². The first-order valence-corrected chi connectivity index (χ1v) is 5.07. The maximum absolute atomic E-state index is 10.5. The Morgan fingerprint density at radius 3 is 3.06 bits per heavy atom. The summed E-state index contributed by atoms with van der Waals surface area (Å²) in [7, 11) is 0. The van der Waals surface area contributed by atoms with Crippen LogP contribution in [0.15, 0.2) is 18.3 Å². The Bertz CT molecular complexity index is 454. The molecule has 0 spiro atoms. The van der Waals surface area contributed by atoms with Crippen LogP contribution in [-0.4, -0.2) is 35.7 Å². The lowest BCUT2D eigenvalue weighted by Gasteiger charge is -2.30. The average Bonchev–Trinajstić information content (AvgIpc) is 2.39. The molecule has 0 saturated carbocycles. The molecule has 1 saturated heterocycles. The van der Waals surface area contributed by atoms with Crippen LogP contribution in [0.2, 0.25) is 0 Å². The second-order valence-corrected chi connectivity index (χ2v) is 3.57. The zero-order valence-electron chi connectivity index (χ0n) is 8.94. The summed E-state index contributed by atoms with van der Waals surface area (Å²) in [5.41, 5.74) is -0.0427. The summed E-state index contributed by atoms with van der Waals surface area (Å²) in [5.74, 6) is 0.624. The molecule has 0 radical (unpaired) electrons. The summed E-state index contributed by atoms with van der Waals surface area (Å²) < 4.78 is 5.20. The van der Waals surface area contributed by atoms with Crippen LogP contribution in [-0.2, 0) is 4.74 Å². The smallest absolute Gasteiger partial charge is 0.287 e.